The molecule has 0 radical (unpaired) electrons. The van der Waals surface area contributed by atoms with E-state index in [9.17, 15) is 14.0 Å². The molecule has 5 nitrogen and oxygen atoms in total. The number of anilines is 1. The monoisotopic (exact) mass is 322 g/mol. The molecule has 0 saturated heterocycles. The van der Waals surface area contributed by atoms with Crippen molar-refractivity contribution in [3.8, 4) is 0 Å². The highest BCUT2D eigenvalue weighted by Gasteiger charge is 2.17. The first-order valence-electron chi connectivity index (χ1n) is 6.50. The predicted octanol–water partition coefficient (Wildman–Crippen LogP) is 2.33. The molecule has 0 aliphatic rings. The van der Waals surface area contributed by atoms with Crippen LogP contribution in [0.2, 0.25) is 0 Å². The van der Waals surface area contributed by atoms with Crippen LogP contribution in [-0.4, -0.2) is 25.5 Å². The summed E-state index contributed by atoms with van der Waals surface area (Å²) in [6.07, 6.45) is -0.322. The van der Waals surface area contributed by atoms with Crippen molar-refractivity contribution in [2.75, 3.05) is 19.0 Å². The number of carbonyl (C=O) groups excluding carboxylic acids is 2. The molecular formula is C15H15FN2O3S. The van der Waals surface area contributed by atoms with Crippen LogP contribution in [0.4, 0.5) is 10.1 Å². The molecular weight excluding hydrogens is 307 g/mol. The van der Waals surface area contributed by atoms with Gasteiger partial charge in [-0.15, -0.1) is 0 Å². The number of amides is 2. The fraction of sp³-hybridized carbons (Fsp3) is 0.200. The largest absolute Gasteiger partial charge is 0.375 e. The minimum absolute atomic E-state index is 0.169. The molecule has 1 atom stereocenters. The van der Waals surface area contributed by atoms with Gasteiger partial charge in [-0.2, -0.15) is 11.3 Å². The van der Waals surface area contributed by atoms with E-state index in [1.54, 1.807) is 0 Å². The molecule has 2 aromatic rings. The van der Waals surface area contributed by atoms with Crippen LogP contribution >= 0.6 is 11.3 Å². The SMILES string of the molecule is COC(CNC(=O)C(=O)Nc1cccc(F)c1)c1ccsc1. The highest BCUT2D eigenvalue weighted by molar-refractivity contribution is 7.07. The van der Waals surface area contributed by atoms with E-state index >= 15 is 0 Å². The first kappa shape index (κ1) is 16.1. The molecule has 2 N–H and O–H groups in total. The van der Waals surface area contributed by atoms with E-state index < -0.39 is 17.6 Å². The number of rotatable bonds is 5. The van der Waals surface area contributed by atoms with Crippen molar-refractivity contribution in [2.45, 2.75) is 6.10 Å². The Hall–Kier alpha value is -2.25. The van der Waals surface area contributed by atoms with Crippen molar-refractivity contribution in [1.29, 1.82) is 0 Å². The van der Waals surface area contributed by atoms with Crippen LogP contribution < -0.4 is 10.6 Å². The Morgan fingerprint density at radius 2 is 2.14 bits per heavy atom. The van der Waals surface area contributed by atoms with Gasteiger partial charge >= 0.3 is 11.8 Å². The zero-order valence-corrected chi connectivity index (χ0v) is 12.7. The van der Waals surface area contributed by atoms with Crippen molar-refractivity contribution in [3.63, 3.8) is 0 Å². The summed E-state index contributed by atoms with van der Waals surface area (Å²) in [6.45, 7) is 0.169. The van der Waals surface area contributed by atoms with Gasteiger partial charge in [-0.25, -0.2) is 4.39 Å². The maximum atomic E-state index is 13.0. The summed E-state index contributed by atoms with van der Waals surface area (Å²) in [4.78, 5) is 23.5. The Bertz CT molecular complexity index is 646. The van der Waals surface area contributed by atoms with E-state index in [2.05, 4.69) is 10.6 Å². The molecule has 1 aromatic heterocycles. The minimum atomic E-state index is -0.856. The normalized spacial score (nSPS) is 11.7. The lowest BCUT2D eigenvalue weighted by Gasteiger charge is -2.14. The zero-order valence-electron chi connectivity index (χ0n) is 11.8. The van der Waals surface area contributed by atoms with E-state index in [0.717, 1.165) is 11.6 Å². The highest BCUT2D eigenvalue weighted by Crippen LogP contribution is 2.18. The Labute approximate surface area is 131 Å². The van der Waals surface area contributed by atoms with Gasteiger partial charge in [0.1, 0.15) is 11.9 Å². The molecule has 22 heavy (non-hydrogen) atoms. The van der Waals surface area contributed by atoms with E-state index in [1.165, 1.54) is 36.6 Å². The Kier molecular flexibility index (Phi) is 5.62. The average molecular weight is 322 g/mol. The standard InChI is InChI=1S/C15H15FN2O3S/c1-21-13(10-5-6-22-9-10)8-17-14(19)15(20)18-12-4-2-3-11(16)7-12/h2-7,9,13H,8H2,1H3,(H,17,19)(H,18,20). The molecule has 2 amide bonds. The first-order chi connectivity index (χ1) is 10.6. The number of thiophene rings is 1. The van der Waals surface area contributed by atoms with Gasteiger partial charge in [0, 0.05) is 19.3 Å². The zero-order chi connectivity index (χ0) is 15.9. The third-order valence-electron chi connectivity index (χ3n) is 2.94. The van der Waals surface area contributed by atoms with Crippen molar-refractivity contribution in [1.82, 2.24) is 5.32 Å². The number of nitrogens with one attached hydrogen (secondary N) is 2. The van der Waals surface area contributed by atoms with Gasteiger partial charge in [0.25, 0.3) is 0 Å². The van der Waals surface area contributed by atoms with Crippen LogP contribution in [0.25, 0.3) is 0 Å². The van der Waals surface area contributed by atoms with E-state index in [4.69, 9.17) is 4.74 Å². The van der Waals surface area contributed by atoms with Gasteiger partial charge in [-0.05, 0) is 40.6 Å². The van der Waals surface area contributed by atoms with Crippen LogP contribution in [0.15, 0.2) is 41.1 Å². The number of benzene rings is 1. The summed E-state index contributed by atoms with van der Waals surface area (Å²) in [7, 11) is 1.53. The van der Waals surface area contributed by atoms with Crippen LogP contribution in [0.3, 0.4) is 0 Å². The first-order valence-corrected chi connectivity index (χ1v) is 7.44. The van der Waals surface area contributed by atoms with Gasteiger partial charge < -0.3 is 15.4 Å². The van der Waals surface area contributed by atoms with Crippen LogP contribution in [-0.2, 0) is 14.3 Å². The van der Waals surface area contributed by atoms with Crippen molar-refractivity contribution < 1.29 is 18.7 Å². The van der Waals surface area contributed by atoms with E-state index in [-0.39, 0.29) is 18.3 Å². The highest BCUT2D eigenvalue weighted by atomic mass is 32.1. The van der Waals surface area contributed by atoms with Crippen LogP contribution in [0.5, 0.6) is 0 Å². The van der Waals surface area contributed by atoms with E-state index in [1.807, 2.05) is 16.8 Å². The lowest BCUT2D eigenvalue weighted by molar-refractivity contribution is -0.136. The second-order valence-electron chi connectivity index (χ2n) is 4.46. The topological polar surface area (TPSA) is 67.4 Å². The quantitative estimate of drug-likeness (QED) is 0.830. The summed E-state index contributed by atoms with van der Waals surface area (Å²) in [6, 6.07) is 7.21. The Morgan fingerprint density at radius 1 is 1.32 bits per heavy atom. The number of halogens is 1. The smallest absolute Gasteiger partial charge is 0.313 e. The number of hydrogen-bond donors (Lipinski definition) is 2. The third-order valence-corrected chi connectivity index (χ3v) is 3.64. The Balaban J connectivity index is 1.87. The molecule has 7 heteroatoms. The lowest BCUT2D eigenvalue weighted by atomic mass is 10.2. The second-order valence-corrected chi connectivity index (χ2v) is 5.24. The summed E-state index contributed by atoms with van der Waals surface area (Å²) in [5, 5.41) is 8.63. The molecule has 1 heterocycles. The van der Waals surface area contributed by atoms with Crippen molar-refractivity contribution in [3.05, 3.63) is 52.5 Å². The molecule has 116 valence electrons. The Morgan fingerprint density at radius 3 is 2.77 bits per heavy atom. The summed E-state index contributed by atoms with van der Waals surface area (Å²) in [5.74, 6) is -2.15. The summed E-state index contributed by atoms with van der Waals surface area (Å²) < 4.78 is 18.3. The number of carbonyl (C=O) groups is 2. The molecule has 1 aromatic carbocycles. The average Bonchev–Trinajstić information content (AvgIpc) is 3.02. The predicted molar refractivity (Wildman–Crippen MR) is 82.1 cm³/mol. The maximum absolute atomic E-state index is 13.0. The van der Waals surface area contributed by atoms with Gasteiger partial charge in [0.2, 0.25) is 0 Å². The molecule has 0 fully saturated rings. The fourth-order valence-corrected chi connectivity index (χ4v) is 2.52. The summed E-state index contributed by atoms with van der Waals surface area (Å²) in [5.41, 5.74) is 1.15. The van der Waals surface area contributed by atoms with Gasteiger partial charge in [0.15, 0.2) is 0 Å². The molecule has 0 spiro atoms. The maximum Gasteiger partial charge on any atom is 0.313 e. The molecule has 0 aliphatic carbocycles. The van der Waals surface area contributed by atoms with Crippen LogP contribution in [0.1, 0.15) is 11.7 Å². The number of hydrogen-bond acceptors (Lipinski definition) is 4. The lowest BCUT2D eigenvalue weighted by Crippen LogP contribution is -2.37. The molecule has 0 saturated carbocycles. The van der Waals surface area contributed by atoms with Gasteiger partial charge in [-0.3, -0.25) is 9.59 Å². The molecule has 2 rings (SSSR count). The van der Waals surface area contributed by atoms with Crippen molar-refractivity contribution >= 4 is 28.8 Å². The summed E-state index contributed by atoms with van der Waals surface area (Å²) >= 11 is 1.52. The van der Waals surface area contributed by atoms with Crippen LogP contribution in [0, 0.1) is 5.82 Å². The van der Waals surface area contributed by atoms with Gasteiger partial charge in [-0.1, -0.05) is 6.07 Å². The third kappa shape index (κ3) is 4.37. The minimum Gasteiger partial charge on any atom is -0.375 e. The number of methoxy groups -OCH3 is 1. The fourth-order valence-electron chi connectivity index (χ4n) is 1.82. The van der Waals surface area contributed by atoms with E-state index in [0.29, 0.717) is 0 Å². The van der Waals surface area contributed by atoms with Crippen molar-refractivity contribution in [2.24, 2.45) is 0 Å². The van der Waals surface area contributed by atoms with Gasteiger partial charge in [0.05, 0.1) is 0 Å². The molecule has 1 unspecified atom stereocenters. The molecule has 0 bridgehead atoms. The number of ether oxygens (including phenoxy) is 1. The molecule has 0 aliphatic heterocycles. The second kappa shape index (κ2) is 7.67.